The predicted molar refractivity (Wildman–Crippen MR) is 77.0 cm³/mol. The highest BCUT2D eigenvalue weighted by Gasteiger charge is 2.24. The van der Waals surface area contributed by atoms with Crippen LogP contribution in [0.3, 0.4) is 0 Å². The molecule has 0 saturated carbocycles. The Morgan fingerprint density at radius 1 is 1.16 bits per heavy atom. The molecule has 5 heteroatoms. The van der Waals surface area contributed by atoms with E-state index in [0.717, 1.165) is 70.9 Å². The van der Waals surface area contributed by atoms with E-state index in [-0.39, 0.29) is 6.03 Å². The number of hydrogen-bond acceptors (Lipinski definition) is 3. The van der Waals surface area contributed by atoms with Crippen molar-refractivity contribution in [1.29, 1.82) is 0 Å². The summed E-state index contributed by atoms with van der Waals surface area (Å²) in [6.45, 7) is 7.91. The van der Waals surface area contributed by atoms with Crippen LogP contribution in [0, 0.1) is 5.92 Å². The molecule has 0 aromatic carbocycles. The molecule has 2 aliphatic heterocycles. The molecule has 0 aromatic heterocycles. The lowest BCUT2D eigenvalue weighted by molar-refractivity contribution is 0.158. The molecule has 0 unspecified atom stereocenters. The van der Waals surface area contributed by atoms with Crippen molar-refractivity contribution in [2.75, 3.05) is 39.3 Å². The molecule has 0 spiro atoms. The van der Waals surface area contributed by atoms with Gasteiger partial charge in [0.15, 0.2) is 0 Å². The van der Waals surface area contributed by atoms with Gasteiger partial charge >= 0.3 is 6.03 Å². The van der Waals surface area contributed by atoms with Crippen molar-refractivity contribution in [1.82, 2.24) is 15.1 Å². The van der Waals surface area contributed by atoms with Crippen LogP contribution in [0.5, 0.6) is 0 Å². The summed E-state index contributed by atoms with van der Waals surface area (Å²) in [5, 5.41) is 3.20. The maximum Gasteiger partial charge on any atom is 0.317 e. The van der Waals surface area contributed by atoms with Crippen LogP contribution in [0.4, 0.5) is 4.79 Å². The summed E-state index contributed by atoms with van der Waals surface area (Å²) < 4.78 is 0. The Bertz CT molecular complexity index is 281. The molecule has 2 saturated heterocycles. The van der Waals surface area contributed by atoms with Gasteiger partial charge in [-0.15, -0.1) is 0 Å². The van der Waals surface area contributed by atoms with Gasteiger partial charge in [-0.1, -0.05) is 6.92 Å². The second-order valence-corrected chi connectivity index (χ2v) is 6.02. The monoisotopic (exact) mass is 268 g/mol. The van der Waals surface area contributed by atoms with Gasteiger partial charge in [0, 0.05) is 45.3 Å². The third-order valence-electron chi connectivity index (χ3n) is 4.43. The first-order chi connectivity index (χ1) is 9.19. The van der Waals surface area contributed by atoms with Gasteiger partial charge in [0.2, 0.25) is 0 Å². The van der Waals surface area contributed by atoms with Crippen LogP contribution in [0.15, 0.2) is 0 Å². The molecule has 110 valence electrons. The van der Waals surface area contributed by atoms with Crippen molar-refractivity contribution in [3.8, 4) is 0 Å². The van der Waals surface area contributed by atoms with E-state index in [2.05, 4.69) is 17.1 Å². The number of rotatable bonds is 3. The molecule has 2 fully saturated rings. The molecule has 2 rings (SSSR count). The first-order valence-electron chi connectivity index (χ1n) is 7.67. The summed E-state index contributed by atoms with van der Waals surface area (Å²) in [4.78, 5) is 16.5. The third-order valence-corrected chi connectivity index (χ3v) is 4.43. The standard InChI is InChI=1S/C14H28N4O/c1-12-2-9-18(10-3-12)14(19)16-13-4-7-17(8-5-13)11-6-15/h12-13H,2-11,15H2,1H3,(H,16,19). The zero-order chi connectivity index (χ0) is 13.7. The van der Waals surface area contributed by atoms with E-state index in [1.165, 1.54) is 0 Å². The first-order valence-corrected chi connectivity index (χ1v) is 7.67. The molecule has 19 heavy (non-hydrogen) atoms. The Hall–Kier alpha value is -0.810. The van der Waals surface area contributed by atoms with Crippen molar-refractivity contribution in [2.24, 2.45) is 11.7 Å². The first kappa shape index (κ1) is 14.6. The van der Waals surface area contributed by atoms with Gasteiger partial charge in [0.25, 0.3) is 0 Å². The number of piperidine rings is 2. The maximum atomic E-state index is 12.2. The fraction of sp³-hybridized carbons (Fsp3) is 0.929. The minimum Gasteiger partial charge on any atom is -0.335 e. The van der Waals surface area contributed by atoms with E-state index < -0.39 is 0 Å². The fourth-order valence-electron chi connectivity index (χ4n) is 2.96. The number of carbonyl (C=O) groups excluding carboxylic acids is 1. The quantitative estimate of drug-likeness (QED) is 0.798. The summed E-state index contributed by atoms with van der Waals surface area (Å²) in [5.41, 5.74) is 5.57. The summed E-state index contributed by atoms with van der Waals surface area (Å²) in [6, 6.07) is 0.491. The van der Waals surface area contributed by atoms with E-state index in [1.807, 2.05) is 4.90 Å². The number of urea groups is 1. The fourth-order valence-corrected chi connectivity index (χ4v) is 2.96. The van der Waals surface area contributed by atoms with Crippen LogP contribution < -0.4 is 11.1 Å². The maximum absolute atomic E-state index is 12.2. The normalized spacial score (nSPS) is 23.6. The average molecular weight is 268 g/mol. The lowest BCUT2D eigenvalue weighted by Gasteiger charge is -2.35. The van der Waals surface area contributed by atoms with E-state index in [9.17, 15) is 4.79 Å². The summed E-state index contributed by atoms with van der Waals surface area (Å²) in [5.74, 6) is 0.767. The molecule has 0 atom stereocenters. The number of hydrogen-bond donors (Lipinski definition) is 2. The predicted octanol–water partition coefficient (Wildman–Crippen LogP) is 0.851. The molecular formula is C14H28N4O. The molecule has 2 aliphatic rings. The van der Waals surface area contributed by atoms with E-state index in [4.69, 9.17) is 5.73 Å². The van der Waals surface area contributed by atoms with Crippen molar-refractivity contribution >= 4 is 6.03 Å². The zero-order valence-corrected chi connectivity index (χ0v) is 12.1. The highest BCUT2D eigenvalue weighted by Crippen LogP contribution is 2.16. The Morgan fingerprint density at radius 2 is 1.79 bits per heavy atom. The number of amides is 2. The average Bonchev–Trinajstić information content (AvgIpc) is 2.42. The lowest BCUT2D eigenvalue weighted by Crippen LogP contribution is -2.51. The number of nitrogens with one attached hydrogen (secondary N) is 1. The molecule has 0 aromatic rings. The minimum atomic E-state index is 0.143. The van der Waals surface area contributed by atoms with E-state index >= 15 is 0 Å². The smallest absolute Gasteiger partial charge is 0.317 e. The Balaban J connectivity index is 1.69. The molecule has 3 N–H and O–H groups in total. The van der Waals surface area contributed by atoms with Crippen LogP contribution in [-0.2, 0) is 0 Å². The topological polar surface area (TPSA) is 61.6 Å². The third kappa shape index (κ3) is 4.35. The van der Waals surface area contributed by atoms with Gasteiger partial charge in [-0.3, -0.25) is 0 Å². The Kier molecular flexibility index (Phi) is 5.45. The number of carbonyl (C=O) groups is 1. The van der Waals surface area contributed by atoms with Gasteiger partial charge < -0.3 is 20.9 Å². The van der Waals surface area contributed by atoms with Crippen molar-refractivity contribution < 1.29 is 4.79 Å². The molecular weight excluding hydrogens is 240 g/mol. The Morgan fingerprint density at radius 3 is 2.37 bits per heavy atom. The number of likely N-dealkylation sites (tertiary alicyclic amines) is 2. The molecule has 2 amide bonds. The largest absolute Gasteiger partial charge is 0.335 e. The highest BCUT2D eigenvalue weighted by molar-refractivity contribution is 5.74. The van der Waals surface area contributed by atoms with Crippen LogP contribution >= 0.6 is 0 Å². The van der Waals surface area contributed by atoms with E-state index in [0.29, 0.717) is 6.04 Å². The molecule has 0 aliphatic carbocycles. The van der Waals surface area contributed by atoms with Gasteiger partial charge in [-0.25, -0.2) is 4.79 Å². The van der Waals surface area contributed by atoms with Crippen molar-refractivity contribution in [2.45, 2.75) is 38.6 Å². The van der Waals surface area contributed by atoms with Gasteiger partial charge in [-0.2, -0.15) is 0 Å². The number of nitrogens with two attached hydrogens (primary N) is 1. The van der Waals surface area contributed by atoms with Gasteiger partial charge in [-0.05, 0) is 31.6 Å². The minimum absolute atomic E-state index is 0.143. The van der Waals surface area contributed by atoms with Crippen LogP contribution in [-0.4, -0.2) is 61.1 Å². The molecule has 0 radical (unpaired) electrons. The van der Waals surface area contributed by atoms with Crippen LogP contribution in [0.1, 0.15) is 32.6 Å². The Labute approximate surface area is 116 Å². The summed E-state index contributed by atoms with van der Waals surface area (Å²) in [6.07, 6.45) is 4.39. The second-order valence-electron chi connectivity index (χ2n) is 6.02. The molecule has 2 heterocycles. The SMILES string of the molecule is CC1CCN(C(=O)NC2CCN(CCN)CC2)CC1. The van der Waals surface area contributed by atoms with Crippen LogP contribution in [0.25, 0.3) is 0 Å². The molecule has 0 bridgehead atoms. The van der Waals surface area contributed by atoms with Crippen LogP contribution in [0.2, 0.25) is 0 Å². The van der Waals surface area contributed by atoms with Crippen molar-refractivity contribution in [3.63, 3.8) is 0 Å². The number of nitrogens with zero attached hydrogens (tertiary/aromatic N) is 2. The zero-order valence-electron chi connectivity index (χ0n) is 12.1. The lowest BCUT2D eigenvalue weighted by atomic mass is 9.99. The van der Waals surface area contributed by atoms with Gasteiger partial charge in [0.1, 0.15) is 0 Å². The van der Waals surface area contributed by atoms with Crippen molar-refractivity contribution in [3.05, 3.63) is 0 Å². The van der Waals surface area contributed by atoms with Gasteiger partial charge in [0.05, 0.1) is 0 Å². The summed E-state index contributed by atoms with van der Waals surface area (Å²) in [7, 11) is 0. The molecule has 5 nitrogen and oxygen atoms in total. The summed E-state index contributed by atoms with van der Waals surface area (Å²) >= 11 is 0. The van der Waals surface area contributed by atoms with E-state index in [1.54, 1.807) is 0 Å². The second kappa shape index (κ2) is 7.10. The highest BCUT2D eigenvalue weighted by atomic mass is 16.2.